The van der Waals surface area contributed by atoms with Gasteiger partial charge in [-0.1, -0.05) is 6.92 Å². The number of carboxylic acid groups (broad SMARTS) is 1. The van der Waals surface area contributed by atoms with Gasteiger partial charge in [0.25, 0.3) is 0 Å². The van der Waals surface area contributed by atoms with Gasteiger partial charge in [-0.25, -0.2) is 4.79 Å². The van der Waals surface area contributed by atoms with Gasteiger partial charge in [0.05, 0.1) is 0 Å². The second-order valence-corrected chi connectivity index (χ2v) is 6.22. The van der Waals surface area contributed by atoms with Crippen molar-refractivity contribution in [1.82, 2.24) is 10.2 Å². The van der Waals surface area contributed by atoms with E-state index in [-0.39, 0.29) is 5.91 Å². The summed E-state index contributed by atoms with van der Waals surface area (Å²) in [6.07, 6.45) is 5.25. The normalized spacial score (nSPS) is 28.9. The number of hydrogen-bond acceptors (Lipinski definition) is 3. The van der Waals surface area contributed by atoms with Gasteiger partial charge in [0, 0.05) is 13.0 Å². The lowest BCUT2D eigenvalue weighted by atomic mass is 9.85. The van der Waals surface area contributed by atoms with Crippen LogP contribution in [0.15, 0.2) is 0 Å². The van der Waals surface area contributed by atoms with Crippen LogP contribution in [0.4, 0.5) is 0 Å². The van der Waals surface area contributed by atoms with E-state index >= 15 is 0 Å². The molecule has 5 heteroatoms. The fraction of sp³-hybridized carbons (Fsp3) is 0.867. The minimum absolute atomic E-state index is 0.0233. The number of rotatable bonds is 4. The fourth-order valence-corrected chi connectivity index (χ4v) is 3.41. The van der Waals surface area contributed by atoms with Gasteiger partial charge in [-0.3, -0.25) is 4.79 Å². The monoisotopic (exact) mass is 282 g/mol. The maximum absolute atomic E-state index is 12.4. The van der Waals surface area contributed by atoms with Gasteiger partial charge in [-0.15, -0.1) is 0 Å². The van der Waals surface area contributed by atoms with E-state index in [9.17, 15) is 14.7 Å². The quantitative estimate of drug-likeness (QED) is 0.819. The van der Waals surface area contributed by atoms with Gasteiger partial charge in [-0.2, -0.15) is 0 Å². The van der Waals surface area contributed by atoms with Crippen molar-refractivity contribution in [2.24, 2.45) is 11.8 Å². The Morgan fingerprint density at radius 1 is 1.30 bits per heavy atom. The molecular weight excluding hydrogens is 256 g/mol. The molecule has 0 bridgehead atoms. The average molecular weight is 282 g/mol. The van der Waals surface area contributed by atoms with Crippen molar-refractivity contribution in [3.63, 3.8) is 0 Å². The summed E-state index contributed by atoms with van der Waals surface area (Å²) in [5.41, 5.74) is 0. The number of likely N-dealkylation sites (tertiary alicyclic amines) is 1. The Morgan fingerprint density at radius 3 is 2.75 bits per heavy atom. The molecule has 0 aliphatic carbocycles. The van der Waals surface area contributed by atoms with Gasteiger partial charge >= 0.3 is 5.97 Å². The second-order valence-electron chi connectivity index (χ2n) is 6.22. The van der Waals surface area contributed by atoms with Gasteiger partial charge < -0.3 is 15.3 Å². The standard InChI is InChI=1S/C15H26N2O3/c1-11(12-5-4-7-16-10-12)9-14(18)17-8-3-2-6-13(17)15(19)20/h11-13,16H,2-10H2,1H3,(H,19,20). The maximum Gasteiger partial charge on any atom is 0.326 e. The largest absolute Gasteiger partial charge is 0.480 e. The molecule has 114 valence electrons. The van der Waals surface area contributed by atoms with Crippen molar-refractivity contribution in [2.45, 2.75) is 51.5 Å². The van der Waals surface area contributed by atoms with E-state index < -0.39 is 12.0 Å². The van der Waals surface area contributed by atoms with Crippen molar-refractivity contribution >= 4 is 11.9 Å². The molecule has 2 N–H and O–H groups in total. The molecule has 1 amide bonds. The predicted octanol–water partition coefficient (Wildman–Crippen LogP) is 1.48. The summed E-state index contributed by atoms with van der Waals surface area (Å²) in [5.74, 6) is 0.0349. The molecule has 0 radical (unpaired) electrons. The number of carboxylic acids is 1. The van der Waals surface area contributed by atoms with E-state index in [0.717, 1.165) is 25.9 Å². The lowest BCUT2D eigenvalue weighted by molar-refractivity contribution is -0.152. The first kappa shape index (κ1) is 15.3. The first-order valence-corrected chi connectivity index (χ1v) is 7.82. The lowest BCUT2D eigenvalue weighted by Crippen LogP contribution is -2.48. The molecule has 3 unspecified atom stereocenters. The number of nitrogens with one attached hydrogen (secondary N) is 1. The van der Waals surface area contributed by atoms with Crippen LogP contribution in [-0.2, 0) is 9.59 Å². The summed E-state index contributed by atoms with van der Waals surface area (Å²) in [7, 11) is 0. The Kier molecular flexibility index (Phi) is 5.40. The molecule has 2 aliphatic heterocycles. The number of nitrogens with zero attached hydrogens (tertiary/aromatic N) is 1. The van der Waals surface area contributed by atoms with Crippen LogP contribution in [-0.4, -0.2) is 47.6 Å². The molecule has 0 aromatic rings. The summed E-state index contributed by atoms with van der Waals surface area (Å²) in [6, 6.07) is -0.604. The molecule has 0 saturated carbocycles. The summed E-state index contributed by atoms with van der Waals surface area (Å²) < 4.78 is 0. The van der Waals surface area contributed by atoms with Crippen LogP contribution >= 0.6 is 0 Å². The van der Waals surface area contributed by atoms with E-state index in [1.165, 1.54) is 12.8 Å². The molecule has 2 rings (SSSR count). The van der Waals surface area contributed by atoms with E-state index in [0.29, 0.717) is 31.2 Å². The Balaban J connectivity index is 1.90. The van der Waals surface area contributed by atoms with E-state index in [1.807, 2.05) is 0 Å². The zero-order valence-electron chi connectivity index (χ0n) is 12.3. The van der Waals surface area contributed by atoms with Gasteiger partial charge in [0.15, 0.2) is 0 Å². The van der Waals surface area contributed by atoms with Crippen LogP contribution in [0.3, 0.4) is 0 Å². The molecular formula is C15H26N2O3. The summed E-state index contributed by atoms with van der Waals surface area (Å²) >= 11 is 0. The lowest BCUT2D eigenvalue weighted by Gasteiger charge is -2.35. The molecule has 0 aromatic carbocycles. The molecule has 0 spiro atoms. The number of aliphatic carboxylic acids is 1. The molecule has 3 atom stereocenters. The van der Waals surface area contributed by atoms with Crippen LogP contribution in [0.5, 0.6) is 0 Å². The Morgan fingerprint density at radius 2 is 2.10 bits per heavy atom. The SMILES string of the molecule is CC(CC(=O)N1CCCCC1C(=O)O)C1CCCNC1. The fourth-order valence-electron chi connectivity index (χ4n) is 3.41. The molecule has 2 aliphatic rings. The first-order valence-electron chi connectivity index (χ1n) is 7.82. The van der Waals surface area contributed by atoms with Crippen molar-refractivity contribution in [3.8, 4) is 0 Å². The van der Waals surface area contributed by atoms with Crippen LogP contribution in [0.25, 0.3) is 0 Å². The first-order chi connectivity index (χ1) is 9.59. The highest BCUT2D eigenvalue weighted by Crippen LogP contribution is 2.25. The topological polar surface area (TPSA) is 69.6 Å². The Hall–Kier alpha value is -1.10. The number of carbonyl (C=O) groups is 2. The van der Waals surface area contributed by atoms with Crippen LogP contribution in [0.2, 0.25) is 0 Å². The van der Waals surface area contributed by atoms with Gasteiger partial charge in [0.2, 0.25) is 5.91 Å². The van der Waals surface area contributed by atoms with Gasteiger partial charge in [0.1, 0.15) is 6.04 Å². The minimum Gasteiger partial charge on any atom is -0.480 e. The van der Waals surface area contributed by atoms with Crippen LogP contribution < -0.4 is 5.32 Å². The number of amides is 1. The van der Waals surface area contributed by atoms with Gasteiger partial charge in [-0.05, 0) is 57.0 Å². The Bertz CT molecular complexity index is 353. The van der Waals surface area contributed by atoms with Crippen LogP contribution in [0, 0.1) is 11.8 Å². The third-order valence-electron chi connectivity index (χ3n) is 4.74. The Labute approximate surface area is 120 Å². The van der Waals surface area contributed by atoms with E-state index in [2.05, 4.69) is 12.2 Å². The molecule has 2 fully saturated rings. The minimum atomic E-state index is -0.856. The van der Waals surface area contributed by atoms with Crippen molar-refractivity contribution in [3.05, 3.63) is 0 Å². The highest BCUT2D eigenvalue weighted by Gasteiger charge is 2.33. The summed E-state index contributed by atoms with van der Waals surface area (Å²) in [4.78, 5) is 25.3. The third-order valence-corrected chi connectivity index (χ3v) is 4.74. The van der Waals surface area contributed by atoms with Crippen LogP contribution in [0.1, 0.15) is 45.4 Å². The third kappa shape index (κ3) is 3.72. The highest BCUT2D eigenvalue weighted by atomic mass is 16.4. The molecule has 20 heavy (non-hydrogen) atoms. The van der Waals surface area contributed by atoms with Crippen molar-refractivity contribution in [1.29, 1.82) is 0 Å². The predicted molar refractivity (Wildman–Crippen MR) is 76.4 cm³/mol. The molecule has 2 heterocycles. The van der Waals surface area contributed by atoms with E-state index in [1.54, 1.807) is 4.90 Å². The van der Waals surface area contributed by atoms with E-state index in [4.69, 9.17) is 0 Å². The highest BCUT2D eigenvalue weighted by molar-refractivity contribution is 5.84. The molecule has 2 saturated heterocycles. The maximum atomic E-state index is 12.4. The second kappa shape index (κ2) is 7.07. The smallest absolute Gasteiger partial charge is 0.326 e. The average Bonchev–Trinajstić information content (AvgIpc) is 2.48. The zero-order chi connectivity index (χ0) is 14.5. The summed E-state index contributed by atoms with van der Waals surface area (Å²) in [5, 5.41) is 12.6. The van der Waals surface area contributed by atoms with Crippen molar-refractivity contribution in [2.75, 3.05) is 19.6 Å². The number of hydrogen-bond donors (Lipinski definition) is 2. The zero-order valence-corrected chi connectivity index (χ0v) is 12.3. The summed E-state index contributed by atoms with van der Waals surface area (Å²) in [6.45, 7) is 4.78. The van der Waals surface area contributed by atoms with Crippen molar-refractivity contribution < 1.29 is 14.7 Å². The number of piperidine rings is 2. The number of carbonyl (C=O) groups excluding carboxylic acids is 1. The molecule has 0 aromatic heterocycles. The molecule has 5 nitrogen and oxygen atoms in total.